The van der Waals surface area contributed by atoms with Crippen LogP contribution in [0.15, 0.2) is 47.4 Å². The molecule has 0 bridgehead atoms. The summed E-state index contributed by atoms with van der Waals surface area (Å²) in [5.74, 6) is -0.443. The second-order valence-corrected chi connectivity index (χ2v) is 7.64. The fourth-order valence-corrected chi connectivity index (χ4v) is 3.84. The molecule has 2 aromatic rings. The van der Waals surface area contributed by atoms with Gasteiger partial charge in [0.05, 0.1) is 10.8 Å². The van der Waals surface area contributed by atoms with Crippen molar-refractivity contribution in [3.63, 3.8) is 0 Å². The van der Waals surface area contributed by atoms with Gasteiger partial charge in [-0.2, -0.15) is 0 Å². The maximum absolute atomic E-state index is 12.2. The average Bonchev–Trinajstić information content (AvgIpc) is 2.98. The Hall–Kier alpha value is -2.18. The Morgan fingerprint density at radius 3 is 2.60 bits per heavy atom. The summed E-state index contributed by atoms with van der Waals surface area (Å²) in [5, 5.41) is 3.32. The maximum atomic E-state index is 12.2. The van der Waals surface area contributed by atoms with Crippen LogP contribution in [-0.2, 0) is 26.8 Å². The molecule has 5 nitrogen and oxygen atoms in total. The molecule has 0 saturated carbocycles. The molecular formula is C18H17ClN2O3S. The molecule has 1 unspecified atom stereocenters. The van der Waals surface area contributed by atoms with Crippen molar-refractivity contribution < 1.29 is 13.8 Å². The van der Waals surface area contributed by atoms with Crippen LogP contribution < -0.4 is 10.2 Å². The molecule has 2 aromatic carbocycles. The van der Waals surface area contributed by atoms with Gasteiger partial charge in [-0.1, -0.05) is 11.6 Å². The van der Waals surface area contributed by atoms with Crippen molar-refractivity contribution >= 4 is 45.6 Å². The first kappa shape index (κ1) is 17.6. The topological polar surface area (TPSA) is 66.5 Å². The van der Waals surface area contributed by atoms with Crippen molar-refractivity contribution in [2.75, 3.05) is 22.5 Å². The lowest BCUT2D eigenvalue weighted by Gasteiger charge is -2.15. The minimum atomic E-state index is -1.43. The van der Waals surface area contributed by atoms with Crippen molar-refractivity contribution in [1.29, 1.82) is 0 Å². The summed E-state index contributed by atoms with van der Waals surface area (Å²) in [6, 6.07) is 12.0. The van der Waals surface area contributed by atoms with Crippen LogP contribution in [0.5, 0.6) is 0 Å². The van der Waals surface area contributed by atoms with E-state index in [1.165, 1.54) is 6.92 Å². The summed E-state index contributed by atoms with van der Waals surface area (Å²) >= 11 is 5.80. The first-order valence-corrected chi connectivity index (χ1v) is 9.48. The minimum Gasteiger partial charge on any atom is -0.325 e. The van der Waals surface area contributed by atoms with E-state index < -0.39 is 10.8 Å². The number of hydrogen-bond acceptors (Lipinski definition) is 3. The molecule has 0 spiro atoms. The highest BCUT2D eigenvalue weighted by atomic mass is 35.5. The van der Waals surface area contributed by atoms with Crippen LogP contribution in [0.3, 0.4) is 0 Å². The monoisotopic (exact) mass is 376 g/mol. The summed E-state index contributed by atoms with van der Waals surface area (Å²) in [5.41, 5.74) is 2.55. The summed E-state index contributed by atoms with van der Waals surface area (Å²) < 4.78 is 12.2. The van der Waals surface area contributed by atoms with Crippen LogP contribution >= 0.6 is 11.6 Å². The predicted octanol–water partition coefficient (Wildman–Crippen LogP) is 3.00. The number of anilines is 2. The van der Waals surface area contributed by atoms with Gasteiger partial charge < -0.3 is 10.2 Å². The average molecular weight is 377 g/mol. The Morgan fingerprint density at radius 2 is 1.92 bits per heavy atom. The molecule has 3 rings (SSSR count). The zero-order valence-corrected chi connectivity index (χ0v) is 15.2. The standard InChI is InChI=1S/C18H17ClN2O3S/c1-12(22)21-9-8-13-10-15(4-7-17(13)21)20-18(23)11-25(24)16-5-2-14(19)3-6-16/h2-7,10H,8-9,11H2,1H3,(H,20,23). The van der Waals surface area contributed by atoms with Crippen molar-refractivity contribution in [1.82, 2.24) is 0 Å². The molecule has 0 fully saturated rings. The number of fused-ring (bicyclic) bond motifs is 1. The normalized spacial score (nSPS) is 14.1. The molecule has 0 saturated heterocycles. The summed E-state index contributed by atoms with van der Waals surface area (Å²) in [4.78, 5) is 26.0. The molecule has 0 aromatic heterocycles. The Bertz CT molecular complexity index is 852. The van der Waals surface area contributed by atoms with Gasteiger partial charge in [-0.05, 0) is 54.4 Å². The second kappa shape index (κ2) is 7.37. The lowest BCUT2D eigenvalue weighted by atomic mass is 10.1. The van der Waals surface area contributed by atoms with Gasteiger partial charge in [-0.3, -0.25) is 13.8 Å². The quantitative estimate of drug-likeness (QED) is 0.892. The zero-order chi connectivity index (χ0) is 18.0. The SMILES string of the molecule is CC(=O)N1CCc2cc(NC(=O)CS(=O)c3ccc(Cl)cc3)ccc21. The van der Waals surface area contributed by atoms with Crippen LogP contribution in [0.25, 0.3) is 0 Å². The first-order valence-electron chi connectivity index (χ1n) is 7.79. The van der Waals surface area contributed by atoms with Gasteiger partial charge in [0.1, 0.15) is 5.75 Å². The fourth-order valence-electron chi connectivity index (χ4n) is 2.79. The predicted molar refractivity (Wildman–Crippen MR) is 99.5 cm³/mol. The summed E-state index contributed by atoms with van der Waals surface area (Å²) in [6.07, 6.45) is 0.759. The van der Waals surface area contributed by atoms with Crippen LogP contribution in [0.2, 0.25) is 5.02 Å². The third-order valence-electron chi connectivity index (χ3n) is 3.98. The van der Waals surface area contributed by atoms with Gasteiger partial charge >= 0.3 is 0 Å². The molecule has 0 radical (unpaired) electrons. The van der Waals surface area contributed by atoms with E-state index in [0.29, 0.717) is 22.2 Å². The zero-order valence-electron chi connectivity index (χ0n) is 13.6. The van der Waals surface area contributed by atoms with E-state index in [4.69, 9.17) is 11.6 Å². The molecule has 2 amide bonds. The lowest BCUT2D eigenvalue weighted by molar-refractivity contribution is -0.116. The Balaban J connectivity index is 1.65. The largest absolute Gasteiger partial charge is 0.325 e. The first-order chi connectivity index (χ1) is 11.9. The van der Waals surface area contributed by atoms with Crippen molar-refractivity contribution in [3.05, 3.63) is 53.1 Å². The number of benzene rings is 2. The number of rotatable bonds is 4. The van der Waals surface area contributed by atoms with Crippen molar-refractivity contribution in [2.45, 2.75) is 18.2 Å². The van der Waals surface area contributed by atoms with Gasteiger partial charge in [-0.25, -0.2) is 0 Å². The van der Waals surface area contributed by atoms with Crippen LogP contribution in [0.1, 0.15) is 12.5 Å². The summed E-state index contributed by atoms with van der Waals surface area (Å²) in [6.45, 7) is 2.19. The van der Waals surface area contributed by atoms with E-state index in [1.807, 2.05) is 12.1 Å². The molecule has 1 aliphatic heterocycles. The van der Waals surface area contributed by atoms with Crippen molar-refractivity contribution in [2.24, 2.45) is 0 Å². The Morgan fingerprint density at radius 1 is 1.20 bits per heavy atom. The molecular weight excluding hydrogens is 360 g/mol. The molecule has 1 aliphatic rings. The lowest BCUT2D eigenvalue weighted by Crippen LogP contribution is -2.25. The van der Waals surface area contributed by atoms with Crippen LogP contribution in [0.4, 0.5) is 11.4 Å². The highest BCUT2D eigenvalue weighted by Gasteiger charge is 2.22. The molecule has 25 heavy (non-hydrogen) atoms. The maximum Gasteiger partial charge on any atom is 0.237 e. The van der Waals surface area contributed by atoms with E-state index in [-0.39, 0.29) is 17.6 Å². The highest BCUT2D eigenvalue weighted by molar-refractivity contribution is 7.85. The van der Waals surface area contributed by atoms with E-state index in [2.05, 4.69) is 5.32 Å². The molecule has 1 atom stereocenters. The molecule has 1 heterocycles. The fraction of sp³-hybridized carbons (Fsp3) is 0.222. The Labute approximate surface area is 153 Å². The van der Waals surface area contributed by atoms with E-state index in [0.717, 1.165) is 17.7 Å². The van der Waals surface area contributed by atoms with Gasteiger partial charge in [-0.15, -0.1) is 0 Å². The highest BCUT2D eigenvalue weighted by Crippen LogP contribution is 2.30. The van der Waals surface area contributed by atoms with Gasteiger partial charge in [0.15, 0.2) is 0 Å². The number of nitrogens with zero attached hydrogens (tertiary/aromatic N) is 1. The number of hydrogen-bond donors (Lipinski definition) is 1. The minimum absolute atomic E-state index is 0.00824. The third kappa shape index (κ3) is 4.08. The number of amides is 2. The molecule has 130 valence electrons. The van der Waals surface area contributed by atoms with Gasteiger partial charge in [0, 0.05) is 34.8 Å². The summed E-state index contributed by atoms with van der Waals surface area (Å²) in [7, 11) is -1.43. The number of halogens is 1. The van der Waals surface area contributed by atoms with Crippen LogP contribution in [0, 0.1) is 0 Å². The van der Waals surface area contributed by atoms with Gasteiger partial charge in [0.2, 0.25) is 11.8 Å². The molecule has 1 N–H and O–H groups in total. The number of carbonyl (C=O) groups excluding carboxylic acids is 2. The van der Waals surface area contributed by atoms with Gasteiger partial charge in [0.25, 0.3) is 0 Å². The van der Waals surface area contributed by atoms with E-state index in [1.54, 1.807) is 35.2 Å². The molecule has 7 heteroatoms. The third-order valence-corrected chi connectivity index (χ3v) is 5.55. The second-order valence-electron chi connectivity index (χ2n) is 5.76. The smallest absolute Gasteiger partial charge is 0.237 e. The van der Waals surface area contributed by atoms with E-state index >= 15 is 0 Å². The number of nitrogens with one attached hydrogen (secondary N) is 1. The molecule has 0 aliphatic carbocycles. The van der Waals surface area contributed by atoms with Crippen molar-refractivity contribution in [3.8, 4) is 0 Å². The van der Waals surface area contributed by atoms with E-state index in [9.17, 15) is 13.8 Å². The Kier molecular flexibility index (Phi) is 5.20. The number of carbonyl (C=O) groups is 2. The van der Waals surface area contributed by atoms with Crippen LogP contribution in [-0.4, -0.2) is 28.3 Å².